The molecule has 0 spiro atoms. The van der Waals surface area contributed by atoms with Gasteiger partial charge in [-0.15, -0.1) is 0 Å². The van der Waals surface area contributed by atoms with Gasteiger partial charge >= 0.3 is 0 Å². The zero-order valence-electron chi connectivity index (χ0n) is 11.6. The summed E-state index contributed by atoms with van der Waals surface area (Å²) in [6, 6.07) is 14.7. The monoisotopic (exact) mass is 271 g/mol. The standard InChI is InChI=1S/C17H21NO2/c19-15(11-18-14-7-4-8-14)12-20-17-10-3-6-13-5-1-2-9-16(13)17/h1-3,5-6,9-10,14-15,18-19H,4,7-8,11-12H2. The molecule has 0 amide bonds. The van der Waals surface area contributed by atoms with Crippen molar-refractivity contribution < 1.29 is 9.84 Å². The van der Waals surface area contributed by atoms with Gasteiger partial charge in [0.1, 0.15) is 18.5 Å². The molecule has 0 aliphatic heterocycles. The fourth-order valence-electron chi connectivity index (χ4n) is 2.48. The maximum absolute atomic E-state index is 9.96. The molecule has 1 aliphatic rings. The van der Waals surface area contributed by atoms with Crippen LogP contribution in [0.4, 0.5) is 0 Å². The molecule has 1 atom stereocenters. The molecule has 0 heterocycles. The van der Waals surface area contributed by atoms with Gasteiger partial charge in [0.25, 0.3) is 0 Å². The molecule has 106 valence electrons. The van der Waals surface area contributed by atoms with Gasteiger partial charge in [-0.3, -0.25) is 0 Å². The van der Waals surface area contributed by atoms with E-state index in [0.717, 1.165) is 16.5 Å². The van der Waals surface area contributed by atoms with Gasteiger partial charge in [-0.2, -0.15) is 0 Å². The van der Waals surface area contributed by atoms with E-state index in [0.29, 0.717) is 19.2 Å². The number of benzene rings is 2. The summed E-state index contributed by atoms with van der Waals surface area (Å²) in [5.74, 6) is 0.839. The summed E-state index contributed by atoms with van der Waals surface area (Å²) >= 11 is 0. The summed E-state index contributed by atoms with van der Waals surface area (Å²) in [5.41, 5.74) is 0. The number of fused-ring (bicyclic) bond motifs is 1. The molecule has 0 saturated heterocycles. The molecular weight excluding hydrogens is 250 g/mol. The highest BCUT2D eigenvalue weighted by molar-refractivity contribution is 5.88. The molecule has 1 fully saturated rings. The van der Waals surface area contributed by atoms with Crippen molar-refractivity contribution in [2.24, 2.45) is 0 Å². The minimum Gasteiger partial charge on any atom is -0.490 e. The first-order chi connectivity index (χ1) is 9.83. The predicted octanol–water partition coefficient (Wildman–Crippen LogP) is 2.72. The SMILES string of the molecule is OC(CNC1CCC1)COc1cccc2ccccc12. The molecule has 2 N–H and O–H groups in total. The summed E-state index contributed by atoms with van der Waals surface area (Å²) in [6.07, 6.45) is 3.31. The lowest BCUT2D eigenvalue weighted by atomic mass is 9.93. The van der Waals surface area contributed by atoms with Crippen molar-refractivity contribution in [3.8, 4) is 5.75 Å². The van der Waals surface area contributed by atoms with Crippen molar-refractivity contribution in [1.29, 1.82) is 0 Å². The first-order valence-electron chi connectivity index (χ1n) is 7.35. The minimum atomic E-state index is -0.463. The fraction of sp³-hybridized carbons (Fsp3) is 0.412. The van der Waals surface area contributed by atoms with Crippen molar-refractivity contribution in [1.82, 2.24) is 5.32 Å². The lowest BCUT2D eigenvalue weighted by Crippen LogP contribution is -2.41. The highest BCUT2D eigenvalue weighted by atomic mass is 16.5. The van der Waals surface area contributed by atoms with Crippen LogP contribution < -0.4 is 10.1 Å². The molecule has 3 nitrogen and oxygen atoms in total. The Balaban J connectivity index is 1.56. The summed E-state index contributed by atoms with van der Waals surface area (Å²) in [7, 11) is 0. The molecule has 0 bridgehead atoms. The summed E-state index contributed by atoms with van der Waals surface area (Å²) < 4.78 is 5.78. The number of aliphatic hydroxyl groups excluding tert-OH is 1. The third-order valence-corrected chi connectivity index (χ3v) is 3.93. The van der Waals surface area contributed by atoms with Crippen LogP contribution in [0.3, 0.4) is 0 Å². The average Bonchev–Trinajstić information content (AvgIpc) is 2.43. The maximum atomic E-state index is 9.96. The van der Waals surface area contributed by atoms with E-state index < -0.39 is 6.10 Å². The van der Waals surface area contributed by atoms with E-state index in [4.69, 9.17) is 4.74 Å². The Bertz CT molecular complexity index is 560. The Hall–Kier alpha value is -1.58. The van der Waals surface area contributed by atoms with Crippen LogP contribution in [-0.2, 0) is 0 Å². The largest absolute Gasteiger partial charge is 0.490 e. The Kier molecular flexibility index (Phi) is 4.19. The van der Waals surface area contributed by atoms with Crippen molar-refractivity contribution in [3.05, 3.63) is 42.5 Å². The number of rotatable bonds is 6. The number of ether oxygens (including phenoxy) is 1. The van der Waals surface area contributed by atoms with Gasteiger partial charge in [-0.05, 0) is 24.3 Å². The molecule has 0 radical (unpaired) electrons. The topological polar surface area (TPSA) is 41.5 Å². The third-order valence-electron chi connectivity index (χ3n) is 3.93. The van der Waals surface area contributed by atoms with Crippen molar-refractivity contribution >= 4 is 10.8 Å². The molecule has 2 aromatic carbocycles. The molecule has 3 heteroatoms. The second kappa shape index (κ2) is 6.25. The molecular formula is C17H21NO2. The smallest absolute Gasteiger partial charge is 0.127 e. The predicted molar refractivity (Wildman–Crippen MR) is 81.1 cm³/mol. The fourth-order valence-corrected chi connectivity index (χ4v) is 2.48. The van der Waals surface area contributed by atoms with E-state index in [-0.39, 0.29) is 0 Å². The van der Waals surface area contributed by atoms with E-state index in [1.54, 1.807) is 0 Å². The van der Waals surface area contributed by atoms with Crippen LogP contribution in [0.15, 0.2) is 42.5 Å². The van der Waals surface area contributed by atoms with Gasteiger partial charge in [0.15, 0.2) is 0 Å². The number of hydrogen-bond acceptors (Lipinski definition) is 3. The number of aliphatic hydroxyl groups is 1. The van der Waals surface area contributed by atoms with Crippen LogP contribution >= 0.6 is 0 Å². The Labute approximate surface area is 119 Å². The molecule has 1 aliphatic carbocycles. The van der Waals surface area contributed by atoms with Gasteiger partial charge in [0.2, 0.25) is 0 Å². The quantitative estimate of drug-likeness (QED) is 0.849. The normalized spacial score (nSPS) is 16.9. The van der Waals surface area contributed by atoms with Crippen molar-refractivity contribution in [3.63, 3.8) is 0 Å². The second-order valence-corrected chi connectivity index (χ2v) is 5.48. The van der Waals surface area contributed by atoms with E-state index in [2.05, 4.69) is 17.4 Å². The van der Waals surface area contributed by atoms with Crippen LogP contribution in [0.2, 0.25) is 0 Å². The van der Waals surface area contributed by atoms with Crippen molar-refractivity contribution in [2.75, 3.05) is 13.2 Å². The van der Waals surface area contributed by atoms with E-state index >= 15 is 0 Å². The van der Waals surface area contributed by atoms with E-state index in [1.807, 2.05) is 30.3 Å². The van der Waals surface area contributed by atoms with Gasteiger partial charge in [-0.1, -0.05) is 42.8 Å². The van der Waals surface area contributed by atoms with Crippen LogP contribution in [0, 0.1) is 0 Å². The Morgan fingerprint density at radius 1 is 1.15 bits per heavy atom. The molecule has 0 aromatic heterocycles. The Morgan fingerprint density at radius 3 is 2.75 bits per heavy atom. The molecule has 20 heavy (non-hydrogen) atoms. The number of hydrogen-bond donors (Lipinski definition) is 2. The van der Waals surface area contributed by atoms with Crippen LogP contribution in [0.25, 0.3) is 10.8 Å². The summed E-state index contributed by atoms with van der Waals surface area (Å²) in [6.45, 7) is 0.934. The second-order valence-electron chi connectivity index (χ2n) is 5.48. The van der Waals surface area contributed by atoms with Crippen LogP contribution in [0.5, 0.6) is 5.75 Å². The molecule has 1 unspecified atom stereocenters. The minimum absolute atomic E-state index is 0.327. The summed E-state index contributed by atoms with van der Waals surface area (Å²) in [5, 5.41) is 15.6. The van der Waals surface area contributed by atoms with Gasteiger partial charge in [0.05, 0.1) is 0 Å². The first kappa shape index (κ1) is 13.4. The zero-order chi connectivity index (χ0) is 13.8. The van der Waals surface area contributed by atoms with E-state index in [1.165, 1.54) is 19.3 Å². The lowest BCUT2D eigenvalue weighted by Gasteiger charge is -2.27. The molecule has 1 saturated carbocycles. The maximum Gasteiger partial charge on any atom is 0.127 e. The molecule has 3 rings (SSSR count). The molecule has 2 aromatic rings. The van der Waals surface area contributed by atoms with Gasteiger partial charge in [-0.25, -0.2) is 0 Å². The summed E-state index contributed by atoms with van der Waals surface area (Å²) in [4.78, 5) is 0. The highest BCUT2D eigenvalue weighted by Crippen LogP contribution is 2.25. The number of nitrogens with one attached hydrogen (secondary N) is 1. The Morgan fingerprint density at radius 2 is 1.95 bits per heavy atom. The van der Waals surface area contributed by atoms with Gasteiger partial charge in [0, 0.05) is 18.0 Å². The van der Waals surface area contributed by atoms with Gasteiger partial charge < -0.3 is 15.2 Å². The van der Waals surface area contributed by atoms with Crippen molar-refractivity contribution in [2.45, 2.75) is 31.4 Å². The average molecular weight is 271 g/mol. The van der Waals surface area contributed by atoms with Crippen LogP contribution in [0.1, 0.15) is 19.3 Å². The third kappa shape index (κ3) is 3.11. The first-order valence-corrected chi connectivity index (χ1v) is 7.35. The lowest BCUT2D eigenvalue weighted by molar-refractivity contribution is 0.100. The zero-order valence-corrected chi connectivity index (χ0v) is 11.6. The van der Waals surface area contributed by atoms with Crippen LogP contribution in [-0.4, -0.2) is 30.4 Å². The highest BCUT2D eigenvalue weighted by Gasteiger charge is 2.17. The van der Waals surface area contributed by atoms with E-state index in [9.17, 15) is 5.11 Å².